The van der Waals surface area contributed by atoms with Gasteiger partial charge in [-0.1, -0.05) is 35.9 Å². The molecule has 22 heavy (non-hydrogen) atoms. The number of carboxylic acids is 1. The number of nitrogen functional groups attached to an aromatic ring is 1. The van der Waals surface area contributed by atoms with E-state index in [9.17, 15) is 9.90 Å². The van der Waals surface area contributed by atoms with Crippen LogP contribution in [-0.2, 0) is 0 Å². The van der Waals surface area contributed by atoms with Crippen LogP contribution in [0.15, 0.2) is 48.5 Å². The van der Waals surface area contributed by atoms with Gasteiger partial charge in [0.2, 0.25) is 0 Å². The Morgan fingerprint density at radius 2 is 1.86 bits per heavy atom. The van der Waals surface area contributed by atoms with Crippen LogP contribution in [-0.4, -0.2) is 16.1 Å². The van der Waals surface area contributed by atoms with E-state index in [1.165, 1.54) is 11.3 Å². The summed E-state index contributed by atoms with van der Waals surface area (Å²) in [5.74, 6) is -0.969. The van der Waals surface area contributed by atoms with Crippen molar-refractivity contribution < 1.29 is 9.90 Å². The number of aromatic nitrogens is 1. The monoisotopic (exact) mass is 310 g/mol. The summed E-state index contributed by atoms with van der Waals surface area (Å²) in [6, 6.07) is 14.9. The molecule has 0 atom stereocenters. The second kappa shape index (κ2) is 5.61. The second-order valence-corrected chi connectivity index (χ2v) is 5.99. The Morgan fingerprint density at radius 1 is 1.14 bits per heavy atom. The Kier molecular flexibility index (Phi) is 3.65. The average Bonchev–Trinajstić information content (AvgIpc) is 2.93. The fourth-order valence-electron chi connectivity index (χ4n) is 2.20. The Labute approximate surface area is 131 Å². The highest BCUT2D eigenvalue weighted by Gasteiger charge is 2.19. The Hall–Kier alpha value is -2.66. The summed E-state index contributed by atoms with van der Waals surface area (Å²) >= 11 is 1.19. The molecule has 0 aliphatic carbocycles. The highest BCUT2D eigenvalue weighted by atomic mass is 32.1. The lowest BCUT2D eigenvalue weighted by atomic mass is 10.1. The van der Waals surface area contributed by atoms with Crippen molar-refractivity contribution in [2.24, 2.45) is 0 Å². The molecule has 110 valence electrons. The third-order valence-corrected chi connectivity index (χ3v) is 4.36. The van der Waals surface area contributed by atoms with E-state index in [1.807, 2.05) is 31.2 Å². The molecule has 3 aromatic rings. The molecule has 4 nitrogen and oxygen atoms in total. The first-order valence-electron chi connectivity index (χ1n) is 6.71. The molecule has 0 fully saturated rings. The van der Waals surface area contributed by atoms with Gasteiger partial charge in [-0.3, -0.25) is 0 Å². The first kappa shape index (κ1) is 14.3. The second-order valence-electron chi connectivity index (χ2n) is 4.99. The van der Waals surface area contributed by atoms with Crippen molar-refractivity contribution in [3.05, 3.63) is 59.0 Å². The Bertz CT molecular complexity index is 838. The van der Waals surface area contributed by atoms with Gasteiger partial charge in [-0.2, -0.15) is 0 Å². The number of aryl methyl sites for hydroxylation is 1. The van der Waals surface area contributed by atoms with E-state index in [0.29, 0.717) is 16.4 Å². The topological polar surface area (TPSA) is 76.2 Å². The molecule has 0 aliphatic rings. The summed E-state index contributed by atoms with van der Waals surface area (Å²) < 4.78 is 0. The average molecular weight is 310 g/mol. The molecule has 0 radical (unpaired) electrons. The first-order valence-corrected chi connectivity index (χ1v) is 7.53. The van der Waals surface area contributed by atoms with E-state index in [2.05, 4.69) is 4.98 Å². The van der Waals surface area contributed by atoms with Crippen molar-refractivity contribution in [3.63, 3.8) is 0 Å². The lowest BCUT2D eigenvalue weighted by molar-refractivity contribution is 0.0702. The van der Waals surface area contributed by atoms with Crippen LogP contribution >= 0.6 is 11.3 Å². The molecule has 2 aromatic carbocycles. The number of nitrogens with two attached hydrogens (primary N) is 1. The maximum Gasteiger partial charge on any atom is 0.348 e. The predicted octanol–water partition coefficient (Wildman–Crippen LogP) is 4.07. The van der Waals surface area contributed by atoms with Crippen LogP contribution in [0.3, 0.4) is 0 Å². The maximum absolute atomic E-state index is 11.5. The quantitative estimate of drug-likeness (QED) is 0.715. The standard InChI is InChI=1S/C17H14N2O2S/c1-10-3-2-4-12(9-10)16-19-14(15(22-16)17(20)21)11-5-7-13(18)8-6-11/h2-9H,18H2,1H3,(H,20,21). The number of benzene rings is 2. The van der Waals surface area contributed by atoms with Crippen LogP contribution in [0.2, 0.25) is 0 Å². The van der Waals surface area contributed by atoms with E-state index in [-0.39, 0.29) is 4.88 Å². The zero-order valence-corrected chi connectivity index (χ0v) is 12.7. The fraction of sp³-hybridized carbons (Fsp3) is 0.0588. The zero-order valence-electron chi connectivity index (χ0n) is 11.9. The summed E-state index contributed by atoms with van der Waals surface area (Å²) in [6.07, 6.45) is 0. The number of anilines is 1. The molecule has 0 bridgehead atoms. The number of carbonyl (C=O) groups is 1. The summed E-state index contributed by atoms with van der Waals surface area (Å²) in [4.78, 5) is 16.3. The smallest absolute Gasteiger partial charge is 0.348 e. The SMILES string of the molecule is Cc1cccc(-c2nc(-c3ccc(N)cc3)c(C(=O)O)s2)c1. The number of hydrogen-bond acceptors (Lipinski definition) is 4. The number of aromatic carboxylic acids is 1. The number of nitrogens with zero attached hydrogens (tertiary/aromatic N) is 1. The van der Waals surface area contributed by atoms with Gasteiger partial charge in [0, 0.05) is 16.8 Å². The third-order valence-electron chi connectivity index (χ3n) is 3.27. The normalized spacial score (nSPS) is 10.6. The van der Waals surface area contributed by atoms with Gasteiger partial charge >= 0.3 is 5.97 Å². The summed E-state index contributed by atoms with van der Waals surface area (Å²) in [5.41, 5.74) is 9.58. The highest BCUT2D eigenvalue weighted by Crippen LogP contribution is 2.34. The number of carboxylic acid groups (broad SMARTS) is 1. The number of rotatable bonds is 3. The van der Waals surface area contributed by atoms with Crippen LogP contribution in [0, 0.1) is 6.92 Å². The van der Waals surface area contributed by atoms with Crippen LogP contribution < -0.4 is 5.73 Å². The largest absolute Gasteiger partial charge is 0.477 e. The molecule has 0 aliphatic heterocycles. The molecule has 1 aromatic heterocycles. The molecule has 0 spiro atoms. The van der Waals surface area contributed by atoms with Crippen molar-refractivity contribution in [2.45, 2.75) is 6.92 Å². The third kappa shape index (κ3) is 2.71. The Morgan fingerprint density at radius 3 is 2.50 bits per heavy atom. The molecule has 0 saturated carbocycles. The molecular formula is C17H14N2O2S. The van der Waals surface area contributed by atoms with E-state index < -0.39 is 5.97 Å². The summed E-state index contributed by atoms with van der Waals surface area (Å²) in [7, 11) is 0. The van der Waals surface area contributed by atoms with Gasteiger partial charge in [-0.25, -0.2) is 9.78 Å². The molecule has 3 rings (SSSR count). The van der Waals surface area contributed by atoms with E-state index >= 15 is 0 Å². The van der Waals surface area contributed by atoms with Gasteiger partial charge in [0.1, 0.15) is 9.88 Å². The van der Waals surface area contributed by atoms with Crippen molar-refractivity contribution >= 4 is 23.0 Å². The molecule has 5 heteroatoms. The molecule has 0 saturated heterocycles. The predicted molar refractivity (Wildman–Crippen MR) is 89.1 cm³/mol. The first-order chi connectivity index (χ1) is 10.5. The minimum Gasteiger partial charge on any atom is -0.477 e. The lowest BCUT2D eigenvalue weighted by Gasteiger charge is -2.00. The maximum atomic E-state index is 11.5. The van der Waals surface area contributed by atoms with Crippen LogP contribution in [0.4, 0.5) is 5.69 Å². The van der Waals surface area contributed by atoms with Crippen molar-refractivity contribution in [3.8, 4) is 21.8 Å². The van der Waals surface area contributed by atoms with Crippen molar-refractivity contribution in [1.82, 2.24) is 4.98 Å². The molecule has 0 amide bonds. The van der Waals surface area contributed by atoms with Gasteiger partial charge in [-0.05, 0) is 25.1 Å². The molecule has 3 N–H and O–H groups in total. The van der Waals surface area contributed by atoms with Crippen LogP contribution in [0.25, 0.3) is 21.8 Å². The summed E-state index contributed by atoms with van der Waals surface area (Å²) in [5, 5.41) is 10.1. The van der Waals surface area contributed by atoms with Crippen LogP contribution in [0.1, 0.15) is 15.2 Å². The highest BCUT2D eigenvalue weighted by molar-refractivity contribution is 7.17. The molecule has 0 unspecified atom stereocenters. The summed E-state index contributed by atoms with van der Waals surface area (Å²) in [6.45, 7) is 2.00. The van der Waals surface area contributed by atoms with Crippen molar-refractivity contribution in [2.75, 3.05) is 5.73 Å². The van der Waals surface area contributed by atoms with E-state index in [0.717, 1.165) is 16.7 Å². The molecule has 1 heterocycles. The minimum absolute atomic E-state index is 0.237. The lowest BCUT2D eigenvalue weighted by Crippen LogP contribution is -1.95. The van der Waals surface area contributed by atoms with Gasteiger partial charge in [0.05, 0.1) is 5.69 Å². The number of hydrogen-bond donors (Lipinski definition) is 2. The van der Waals surface area contributed by atoms with Crippen molar-refractivity contribution in [1.29, 1.82) is 0 Å². The van der Waals surface area contributed by atoms with Gasteiger partial charge in [-0.15, -0.1) is 11.3 Å². The van der Waals surface area contributed by atoms with E-state index in [4.69, 9.17) is 5.73 Å². The minimum atomic E-state index is -0.969. The zero-order chi connectivity index (χ0) is 15.7. The van der Waals surface area contributed by atoms with Gasteiger partial charge < -0.3 is 10.8 Å². The van der Waals surface area contributed by atoms with Gasteiger partial charge in [0.15, 0.2) is 0 Å². The molecular weight excluding hydrogens is 296 g/mol. The van der Waals surface area contributed by atoms with Gasteiger partial charge in [0.25, 0.3) is 0 Å². The van der Waals surface area contributed by atoms with Crippen LogP contribution in [0.5, 0.6) is 0 Å². The number of thiazole rings is 1. The van der Waals surface area contributed by atoms with E-state index in [1.54, 1.807) is 24.3 Å². The fourth-order valence-corrected chi connectivity index (χ4v) is 3.13. The Balaban J connectivity index is 2.14.